The maximum absolute atomic E-state index is 12.9. The van der Waals surface area contributed by atoms with Crippen LogP contribution in [0.3, 0.4) is 0 Å². The van der Waals surface area contributed by atoms with Crippen molar-refractivity contribution < 1.29 is 26.9 Å². The van der Waals surface area contributed by atoms with Gasteiger partial charge in [-0.3, -0.25) is 4.79 Å². The van der Waals surface area contributed by atoms with Gasteiger partial charge in [-0.2, -0.15) is 8.42 Å². The second-order valence-electron chi connectivity index (χ2n) is 7.83. The van der Waals surface area contributed by atoms with Gasteiger partial charge in [-0.25, -0.2) is 4.79 Å². The van der Waals surface area contributed by atoms with Crippen molar-refractivity contribution >= 4 is 88.2 Å². The summed E-state index contributed by atoms with van der Waals surface area (Å²) >= 11 is 7.10. The van der Waals surface area contributed by atoms with Crippen LogP contribution in [-0.4, -0.2) is 19.5 Å². The first-order chi connectivity index (χ1) is 17.6. The lowest BCUT2D eigenvalue weighted by atomic mass is 9.91. The Morgan fingerprint density at radius 2 is 1.59 bits per heavy atom. The molecule has 1 heterocycles. The number of benzene rings is 4. The van der Waals surface area contributed by atoms with E-state index in [1.165, 1.54) is 30.3 Å². The minimum absolute atomic E-state index is 0.0244. The SMILES string of the molecule is O=C(O)c1ccccc1-c1c2ccc(=O)c(I)c-2oc2c(I)c(OS(=O)(=O)c3ccc(Br)cc3)ccc12. The summed E-state index contributed by atoms with van der Waals surface area (Å²) in [5, 5.41) is 10.4. The Kier molecular flexibility index (Phi) is 7.06. The summed E-state index contributed by atoms with van der Waals surface area (Å²) in [6.45, 7) is 0. The first-order valence-corrected chi connectivity index (χ1v) is 14.8. The molecular formula is C26H13BrI2O7S. The normalized spacial score (nSPS) is 11.6. The number of carbonyl (C=O) groups is 1. The summed E-state index contributed by atoms with van der Waals surface area (Å²) in [5.74, 6) is -0.811. The minimum atomic E-state index is -4.16. The topological polar surface area (TPSA) is 111 Å². The molecule has 5 rings (SSSR count). The molecule has 11 heteroatoms. The largest absolute Gasteiger partial charge is 0.478 e. The van der Waals surface area contributed by atoms with E-state index >= 15 is 0 Å². The van der Waals surface area contributed by atoms with Crippen LogP contribution in [-0.2, 0) is 10.1 Å². The number of fused-ring (bicyclic) bond motifs is 2. The molecule has 3 aromatic rings. The Bertz CT molecular complexity index is 1850. The van der Waals surface area contributed by atoms with E-state index in [0.29, 0.717) is 29.2 Å². The van der Waals surface area contributed by atoms with E-state index in [4.69, 9.17) is 8.60 Å². The fourth-order valence-corrected chi connectivity index (χ4v) is 6.55. The van der Waals surface area contributed by atoms with Crippen molar-refractivity contribution in [2.45, 2.75) is 4.90 Å². The van der Waals surface area contributed by atoms with E-state index in [2.05, 4.69) is 15.9 Å². The molecule has 0 aromatic heterocycles. The summed E-state index contributed by atoms with van der Waals surface area (Å²) in [5.41, 5.74) is 1.61. The molecule has 0 saturated carbocycles. The first-order valence-electron chi connectivity index (χ1n) is 10.5. The second-order valence-corrected chi connectivity index (χ2v) is 12.4. The van der Waals surface area contributed by atoms with E-state index in [1.807, 2.05) is 45.2 Å². The van der Waals surface area contributed by atoms with Gasteiger partial charge in [-0.1, -0.05) is 34.1 Å². The molecule has 0 bridgehead atoms. The highest BCUT2D eigenvalue weighted by Gasteiger charge is 2.26. The van der Waals surface area contributed by atoms with Crippen LogP contribution in [0.15, 0.2) is 91.4 Å². The van der Waals surface area contributed by atoms with Crippen LogP contribution in [0.5, 0.6) is 5.75 Å². The lowest BCUT2D eigenvalue weighted by Gasteiger charge is -2.19. The average molecular weight is 803 g/mol. The Hall–Kier alpha value is -2.49. The van der Waals surface area contributed by atoms with Crippen molar-refractivity contribution in [1.82, 2.24) is 0 Å². The van der Waals surface area contributed by atoms with E-state index in [0.717, 1.165) is 4.47 Å². The Morgan fingerprint density at radius 1 is 0.892 bits per heavy atom. The molecule has 0 amide bonds. The standard InChI is InChI=1S/C26H13BrI2O7S/c27-13-5-7-14(8-6-13)37(33,34)36-20-12-10-18-21(15-3-1-2-4-16(15)26(31)32)17-9-11-19(30)22(28)24(17)35-25(18)23(20)29/h1-12H,(H,31,32). The molecule has 3 aromatic carbocycles. The number of hydrogen-bond acceptors (Lipinski definition) is 6. The van der Waals surface area contributed by atoms with Crippen LogP contribution < -0.4 is 9.61 Å². The summed E-state index contributed by atoms with van der Waals surface area (Å²) in [7, 11) is -4.16. The Labute approximate surface area is 246 Å². The maximum Gasteiger partial charge on any atom is 0.339 e. The number of hydrogen-bond donors (Lipinski definition) is 1. The fourth-order valence-electron chi connectivity index (χ4n) is 3.93. The predicted molar refractivity (Wildman–Crippen MR) is 159 cm³/mol. The molecule has 0 radical (unpaired) electrons. The first kappa shape index (κ1) is 26.1. The molecule has 1 N–H and O–H groups in total. The highest BCUT2D eigenvalue weighted by atomic mass is 127. The highest BCUT2D eigenvalue weighted by molar-refractivity contribution is 14.1. The third-order valence-electron chi connectivity index (χ3n) is 5.59. The van der Waals surface area contributed by atoms with Gasteiger partial charge in [0.15, 0.2) is 22.5 Å². The number of rotatable bonds is 5. The van der Waals surface area contributed by atoms with Crippen molar-refractivity contribution in [3.8, 4) is 28.2 Å². The molecule has 1 aliphatic carbocycles. The molecule has 0 saturated heterocycles. The molecule has 186 valence electrons. The molecule has 0 spiro atoms. The average Bonchev–Trinajstić information content (AvgIpc) is 2.87. The van der Waals surface area contributed by atoms with Gasteiger partial charge in [-0.05, 0) is 105 Å². The van der Waals surface area contributed by atoms with Crippen molar-refractivity contribution in [2.75, 3.05) is 0 Å². The van der Waals surface area contributed by atoms with Crippen molar-refractivity contribution in [2.24, 2.45) is 0 Å². The Balaban J connectivity index is 1.80. The van der Waals surface area contributed by atoms with Gasteiger partial charge in [0, 0.05) is 21.0 Å². The van der Waals surface area contributed by atoms with Crippen molar-refractivity contribution in [1.29, 1.82) is 0 Å². The zero-order chi connectivity index (χ0) is 26.5. The van der Waals surface area contributed by atoms with Gasteiger partial charge < -0.3 is 13.7 Å². The van der Waals surface area contributed by atoms with Gasteiger partial charge in [0.2, 0.25) is 0 Å². The quantitative estimate of drug-likeness (QED) is 0.116. The fraction of sp³-hybridized carbons (Fsp3) is 0. The molecule has 1 aliphatic heterocycles. The smallest absolute Gasteiger partial charge is 0.339 e. The van der Waals surface area contributed by atoms with Gasteiger partial charge in [0.1, 0.15) is 12.0 Å². The minimum Gasteiger partial charge on any atom is -0.478 e. The molecule has 7 nitrogen and oxygen atoms in total. The molecule has 0 unspecified atom stereocenters. The van der Waals surface area contributed by atoms with Gasteiger partial charge in [0.05, 0.1) is 5.56 Å². The molecule has 2 aliphatic rings. The molecule has 0 fully saturated rings. The van der Waals surface area contributed by atoms with Crippen LogP contribution >= 0.6 is 61.1 Å². The lowest BCUT2D eigenvalue weighted by molar-refractivity contribution is 0.0697. The van der Waals surface area contributed by atoms with Crippen molar-refractivity contribution in [3.63, 3.8) is 0 Å². The zero-order valence-corrected chi connectivity index (χ0v) is 25.1. The number of halogens is 3. The second kappa shape index (κ2) is 10.0. The number of carboxylic acid groups (broad SMARTS) is 1. The van der Waals surface area contributed by atoms with Crippen LogP contribution in [0.1, 0.15) is 10.4 Å². The monoisotopic (exact) mass is 802 g/mol. The van der Waals surface area contributed by atoms with Crippen molar-refractivity contribution in [3.05, 3.63) is 100 Å². The van der Waals surface area contributed by atoms with Gasteiger partial charge >= 0.3 is 16.1 Å². The number of aromatic carboxylic acids is 1. The van der Waals surface area contributed by atoms with Crippen LogP contribution in [0.2, 0.25) is 0 Å². The lowest BCUT2D eigenvalue weighted by Crippen LogP contribution is -2.11. The summed E-state index contributed by atoms with van der Waals surface area (Å²) in [4.78, 5) is 24.5. The van der Waals surface area contributed by atoms with E-state index in [-0.39, 0.29) is 33.0 Å². The van der Waals surface area contributed by atoms with Gasteiger partial charge in [0.25, 0.3) is 0 Å². The van der Waals surface area contributed by atoms with Gasteiger partial charge in [-0.15, -0.1) is 0 Å². The third-order valence-corrected chi connectivity index (χ3v) is 9.41. The Morgan fingerprint density at radius 3 is 2.30 bits per heavy atom. The van der Waals surface area contributed by atoms with E-state index in [1.54, 1.807) is 42.5 Å². The summed E-state index contributed by atoms with van der Waals surface area (Å²) in [6.07, 6.45) is 0. The number of carboxylic acids is 1. The summed E-state index contributed by atoms with van der Waals surface area (Å²) < 4.78 is 38.9. The predicted octanol–water partition coefficient (Wildman–Crippen LogP) is 7.00. The third kappa shape index (κ3) is 4.77. The van der Waals surface area contributed by atoms with Crippen LogP contribution in [0, 0.1) is 7.14 Å². The molecular weight excluding hydrogens is 790 g/mol. The van der Waals surface area contributed by atoms with Crippen LogP contribution in [0.4, 0.5) is 0 Å². The van der Waals surface area contributed by atoms with E-state index < -0.39 is 16.1 Å². The van der Waals surface area contributed by atoms with Crippen LogP contribution in [0.25, 0.3) is 33.4 Å². The zero-order valence-electron chi connectivity index (χ0n) is 18.4. The molecule has 0 atom stereocenters. The van der Waals surface area contributed by atoms with E-state index in [9.17, 15) is 23.1 Å². The highest BCUT2D eigenvalue weighted by Crippen LogP contribution is 2.45. The maximum atomic E-state index is 12.9. The summed E-state index contributed by atoms with van der Waals surface area (Å²) in [6, 6.07) is 18.7. The molecule has 37 heavy (non-hydrogen) atoms.